The van der Waals surface area contributed by atoms with Crippen LogP contribution in [-0.2, 0) is 4.74 Å². The molecular weight excluding hydrogens is 301 g/mol. The monoisotopic (exact) mass is 334 g/mol. The van der Waals surface area contributed by atoms with Crippen molar-refractivity contribution < 1.29 is 17.9 Å². The highest BCUT2D eigenvalue weighted by atomic mass is 19.4. The molecule has 0 radical (unpaired) electrons. The van der Waals surface area contributed by atoms with Gasteiger partial charge in [0.2, 0.25) is 0 Å². The number of hydrogen-bond acceptors (Lipinski definition) is 1. The molecule has 0 bridgehead atoms. The van der Waals surface area contributed by atoms with E-state index < -0.39 is 12.6 Å². The second-order valence-corrected chi connectivity index (χ2v) is 7.85. The molecule has 0 aromatic carbocycles. The molecule has 0 saturated heterocycles. The molecule has 1 nitrogen and oxygen atoms in total. The van der Waals surface area contributed by atoms with Gasteiger partial charge in [0, 0.05) is 20.1 Å². The average Bonchev–Trinajstić information content (AvgIpc) is 2.54. The summed E-state index contributed by atoms with van der Waals surface area (Å²) in [6, 6.07) is 0. The van der Waals surface area contributed by atoms with Gasteiger partial charge in [0.25, 0.3) is 0 Å². The molecule has 2 fully saturated rings. The first-order valence-electron chi connectivity index (χ1n) is 9.53. The Morgan fingerprint density at radius 1 is 0.783 bits per heavy atom. The molecule has 4 heteroatoms. The number of ether oxygens (including phenoxy) is 1. The standard InChI is InChI=1S/C19H33F3O/c1-23-14-2-3-15-4-8-17(9-5-15)18-10-6-16(7-11-18)12-13-19(20,21)22/h15-18H,2-14H2,1H3/t15-,16-,17-,18-. The summed E-state index contributed by atoms with van der Waals surface area (Å²) in [4.78, 5) is 0. The van der Waals surface area contributed by atoms with Gasteiger partial charge in [0.15, 0.2) is 0 Å². The minimum atomic E-state index is -3.97. The van der Waals surface area contributed by atoms with Gasteiger partial charge in [-0.25, -0.2) is 0 Å². The average molecular weight is 334 g/mol. The topological polar surface area (TPSA) is 9.23 Å². The maximum absolute atomic E-state index is 12.3. The molecule has 0 atom stereocenters. The largest absolute Gasteiger partial charge is 0.389 e. The molecule has 0 N–H and O–H groups in total. The number of halogens is 3. The van der Waals surface area contributed by atoms with Gasteiger partial charge in [-0.05, 0) is 68.6 Å². The van der Waals surface area contributed by atoms with Crippen molar-refractivity contribution in [2.45, 2.75) is 83.2 Å². The molecule has 2 rings (SSSR count). The van der Waals surface area contributed by atoms with Crippen molar-refractivity contribution in [3.8, 4) is 0 Å². The van der Waals surface area contributed by atoms with E-state index in [1.807, 2.05) is 0 Å². The van der Waals surface area contributed by atoms with Crippen LogP contribution in [0.4, 0.5) is 13.2 Å². The molecule has 136 valence electrons. The van der Waals surface area contributed by atoms with Crippen LogP contribution < -0.4 is 0 Å². The highest BCUT2D eigenvalue weighted by molar-refractivity contribution is 4.82. The number of rotatable bonds is 7. The van der Waals surface area contributed by atoms with Crippen molar-refractivity contribution in [1.29, 1.82) is 0 Å². The Morgan fingerprint density at radius 3 is 1.70 bits per heavy atom. The molecule has 0 aromatic heterocycles. The van der Waals surface area contributed by atoms with Crippen molar-refractivity contribution in [3.63, 3.8) is 0 Å². The van der Waals surface area contributed by atoms with Crippen LogP contribution >= 0.6 is 0 Å². The molecule has 2 aliphatic carbocycles. The zero-order chi connectivity index (χ0) is 16.7. The normalized spacial score (nSPS) is 32.9. The Bertz CT molecular complexity index is 313. The Balaban J connectivity index is 1.61. The van der Waals surface area contributed by atoms with E-state index in [4.69, 9.17) is 4.74 Å². The van der Waals surface area contributed by atoms with Crippen molar-refractivity contribution in [2.75, 3.05) is 13.7 Å². The van der Waals surface area contributed by atoms with Gasteiger partial charge in [-0.2, -0.15) is 13.2 Å². The predicted molar refractivity (Wildman–Crippen MR) is 87.3 cm³/mol. The Kier molecular flexibility index (Phi) is 7.71. The first-order chi connectivity index (χ1) is 11.0. The van der Waals surface area contributed by atoms with Crippen molar-refractivity contribution in [3.05, 3.63) is 0 Å². The van der Waals surface area contributed by atoms with Crippen LogP contribution in [0.5, 0.6) is 0 Å². The Morgan fingerprint density at radius 2 is 1.26 bits per heavy atom. The minimum Gasteiger partial charge on any atom is -0.385 e. The van der Waals surface area contributed by atoms with Crippen LogP contribution in [0, 0.1) is 23.7 Å². The lowest BCUT2D eigenvalue weighted by atomic mass is 9.68. The Hall–Kier alpha value is -0.250. The van der Waals surface area contributed by atoms with Crippen LogP contribution in [0.3, 0.4) is 0 Å². The summed E-state index contributed by atoms with van der Waals surface area (Å²) >= 11 is 0. The summed E-state index contributed by atoms with van der Waals surface area (Å²) in [6.45, 7) is 0.877. The van der Waals surface area contributed by atoms with Crippen molar-refractivity contribution in [1.82, 2.24) is 0 Å². The predicted octanol–water partition coefficient (Wildman–Crippen LogP) is 6.37. The van der Waals surface area contributed by atoms with Crippen LogP contribution in [0.15, 0.2) is 0 Å². The molecule has 2 aliphatic rings. The highest BCUT2D eigenvalue weighted by Crippen LogP contribution is 2.43. The van der Waals surface area contributed by atoms with Crippen LogP contribution in [0.25, 0.3) is 0 Å². The van der Waals surface area contributed by atoms with Gasteiger partial charge < -0.3 is 4.74 Å². The highest BCUT2D eigenvalue weighted by Gasteiger charge is 2.33. The van der Waals surface area contributed by atoms with Crippen LogP contribution in [0.2, 0.25) is 0 Å². The van der Waals surface area contributed by atoms with Crippen molar-refractivity contribution in [2.24, 2.45) is 23.7 Å². The lowest BCUT2D eigenvalue weighted by Gasteiger charge is -2.38. The van der Waals surface area contributed by atoms with E-state index >= 15 is 0 Å². The summed E-state index contributed by atoms with van der Waals surface area (Å²) in [5.74, 6) is 2.83. The summed E-state index contributed by atoms with van der Waals surface area (Å²) in [5, 5.41) is 0. The van der Waals surface area contributed by atoms with E-state index in [1.165, 1.54) is 51.4 Å². The first kappa shape index (κ1) is 19.1. The fraction of sp³-hybridized carbons (Fsp3) is 1.00. The lowest BCUT2D eigenvalue weighted by molar-refractivity contribution is -0.138. The third-order valence-electron chi connectivity index (χ3n) is 6.25. The molecule has 0 unspecified atom stereocenters. The zero-order valence-electron chi connectivity index (χ0n) is 14.5. The van der Waals surface area contributed by atoms with Gasteiger partial charge in [0.05, 0.1) is 0 Å². The molecule has 0 amide bonds. The molecular formula is C19H33F3O. The fourth-order valence-corrected chi connectivity index (χ4v) is 4.78. The maximum Gasteiger partial charge on any atom is 0.389 e. The quantitative estimate of drug-likeness (QED) is 0.492. The minimum absolute atomic E-state index is 0.318. The van der Waals surface area contributed by atoms with E-state index in [0.29, 0.717) is 12.3 Å². The van der Waals surface area contributed by atoms with E-state index in [9.17, 15) is 13.2 Å². The molecule has 0 aliphatic heterocycles. The van der Waals surface area contributed by atoms with E-state index in [0.717, 1.165) is 37.2 Å². The number of hydrogen-bond donors (Lipinski definition) is 0. The third-order valence-corrected chi connectivity index (χ3v) is 6.25. The smallest absolute Gasteiger partial charge is 0.385 e. The van der Waals surface area contributed by atoms with E-state index in [-0.39, 0.29) is 0 Å². The second kappa shape index (κ2) is 9.29. The zero-order valence-corrected chi connectivity index (χ0v) is 14.5. The summed E-state index contributed by atoms with van der Waals surface area (Å²) in [7, 11) is 1.77. The molecule has 2 saturated carbocycles. The number of methoxy groups -OCH3 is 1. The molecule has 0 aromatic rings. The van der Waals surface area contributed by atoms with Crippen LogP contribution in [-0.4, -0.2) is 19.9 Å². The summed E-state index contributed by atoms with van der Waals surface area (Å²) in [5.41, 5.74) is 0. The SMILES string of the molecule is COCCC[C@H]1CC[C@H]([C@H]2CC[C@H](CCC(F)(F)F)CC2)CC1. The third kappa shape index (κ3) is 7.03. The number of alkyl halides is 3. The van der Waals surface area contributed by atoms with E-state index in [1.54, 1.807) is 7.11 Å². The van der Waals surface area contributed by atoms with E-state index in [2.05, 4.69) is 0 Å². The van der Waals surface area contributed by atoms with Gasteiger partial charge in [-0.15, -0.1) is 0 Å². The summed E-state index contributed by atoms with van der Waals surface area (Å²) in [6.07, 6.45) is 8.03. The Labute approximate surface area is 139 Å². The maximum atomic E-state index is 12.3. The van der Waals surface area contributed by atoms with Gasteiger partial charge >= 0.3 is 6.18 Å². The van der Waals surface area contributed by atoms with Gasteiger partial charge in [-0.1, -0.05) is 25.7 Å². The molecule has 0 heterocycles. The second-order valence-electron chi connectivity index (χ2n) is 7.85. The summed E-state index contributed by atoms with van der Waals surface area (Å²) < 4.78 is 42.1. The lowest BCUT2D eigenvalue weighted by Crippen LogP contribution is -2.26. The van der Waals surface area contributed by atoms with Gasteiger partial charge in [-0.3, -0.25) is 0 Å². The van der Waals surface area contributed by atoms with Crippen LogP contribution in [0.1, 0.15) is 77.0 Å². The fourth-order valence-electron chi connectivity index (χ4n) is 4.78. The molecule has 0 spiro atoms. The molecule has 23 heavy (non-hydrogen) atoms. The first-order valence-corrected chi connectivity index (χ1v) is 9.53. The van der Waals surface area contributed by atoms with Gasteiger partial charge in [0.1, 0.15) is 0 Å². The van der Waals surface area contributed by atoms with Crippen molar-refractivity contribution >= 4 is 0 Å².